The van der Waals surface area contributed by atoms with Gasteiger partial charge in [0.05, 0.1) is 12.2 Å². The van der Waals surface area contributed by atoms with Crippen LogP contribution in [0.25, 0.3) is 0 Å². The van der Waals surface area contributed by atoms with E-state index >= 15 is 0 Å². The van der Waals surface area contributed by atoms with E-state index in [1.54, 1.807) is 42.3 Å². The van der Waals surface area contributed by atoms with Crippen LogP contribution in [-0.4, -0.2) is 38.4 Å². The second kappa shape index (κ2) is 6.68. The van der Waals surface area contributed by atoms with Gasteiger partial charge in [-0.3, -0.25) is 19.9 Å². The van der Waals surface area contributed by atoms with E-state index in [2.05, 4.69) is 20.4 Å². The first-order valence-electron chi connectivity index (χ1n) is 8.04. The molecule has 0 unspecified atom stereocenters. The Morgan fingerprint density at radius 1 is 1.31 bits per heavy atom. The summed E-state index contributed by atoms with van der Waals surface area (Å²) in [6.07, 6.45) is 2.25. The molecule has 0 aliphatic carbocycles. The van der Waals surface area contributed by atoms with Gasteiger partial charge in [-0.2, -0.15) is 0 Å². The molecule has 0 saturated heterocycles. The highest BCUT2D eigenvalue weighted by Crippen LogP contribution is 2.29. The first-order chi connectivity index (χ1) is 12.6. The van der Waals surface area contributed by atoms with E-state index < -0.39 is 0 Å². The maximum absolute atomic E-state index is 12.5. The number of anilines is 1. The Hall–Kier alpha value is -3.07. The molecular weight excluding hydrogens is 354 g/mol. The standard InChI is InChI=1S/C17H15N5O3S/c1-10-8-13(21-25-10)15(23)20-17-19-11-5-7-22(9-14(11)26-17)16(24)12-4-2-3-6-18-12/h2-4,6,8H,5,7,9H2,1H3,(H,19,20,23). The molecule has 8 nitrogen and oxygen atoms in total. The van der Waals surface area contributed by atoms with Crippen molar-refractivity contribution in [3.05, 3.63) is 58.2 Å². The molecule has 1 aliphatic heterocycles. The largest absolute Gasteiger partial charge is 0.361 e. The number of carbonyl (C=O) groups is 2. The molecule has 0 aromatic carbocycles. The van der Waals surface area contributed by atoms with Crippen molar-refractivity contribution in [2.24, 2.45) is 0 Å². The molecule has 4 heterocycles. The van der Waals surface area contributed by atoms with Crippen molar-refractivity contribution >= 4 is 28.3 Å². The fourth-order valence-corrected chi connectivity index (χ4v) is 3.73. The minimum Gasteiger partial charge on any atom is -0.361 e. The summed E-state index contributed by atoms with van der Waals surface area (Å²) in [5.74, 6) is 0.0972. The van der Waals surface area contributed by atoms with Crippen molar-refractivity contribution in [1.29, 1.82) is 0 Å². The normalized spacial score (nSPS) is 13.3. The molecule has 3 aromatic rings. The Kier molecular flexibility index (Phi) is 4.21. The maximum atomic E-state index is 12.5. The van der Waals surface area contributed by atoms with Crippen LogP contribution in [0.5, 0.6) is 0 Å². The second-order valence-electron chi connectivity index (χ2n) is 5.86. The third-order valence-corrected chi connectivity index (χ3v) is 4.98. The highest BCUT2D eigenvalue weighted by molar-refractivity contribution is 7.15. The van der Waals surface area contributed by atoms with E-state index in [1.807, 2.05) is 0 Å². The van der Waals surface area contributed by atoms with Gasteiger partial charge in [-0.25, -0.2) is 4.98 Å². The van der Waals surface area contributed by atoms with Gasteiger partial charge in [0.25, 0.3) is 11.8 Å². The van der Waals surface area contributed by atoms with Crippen molar-refractivity contribution in [1.82, 2.24) is 20.0 Å². The third kappa shape index (κ3) is 3.21. The number of aromatic nitrogens is 3. The topological polar surface area (TPSA) is 101 Å². The van der Waals surface area contributed by atoms with E-state index in [1.165, 1.54) is 11.3 Å². The molecule has 0 spiro atoms. The van der Waals surface area contributed by atoms with Crippen LogP contribution in [0, 0.1) is 6.92 Å². The molecule has 9 heteroatoms. The number of thiazole rings is 1. The zero-order valence-corrected chi connectivity index (χ0v) is 14.7. The van der Waals surface area contributed by atoms with Gasteiger partial charge in [-0.05, 0) is 19.1 Å². The van der Waals surface area contributed by atoms with Crippen LogP contribution in [-0.2, 0) is 13.0 Å². The van der Waals surface area contributed by atoms with Gasteiger partial charge in [0.1, 0.15) is 11.5 Å². The average Bonchev–Trinajstić information content (AvgIpc) is 3.26. The first kappa shape index (κ1) is 16.4. The van der Waals surface area contributed by atoms with E-state index in [9.17, 15) is 9.59 Å². The molecule has 1 N–H and O–H groups in total. The van der Waals surface area contributed by atoms with Crippen LogP contribution in [0.15, 0.2) is 35.0 Å². The zero-order chi connectivity index (χ0) is 18.1. The van der Waals surface area contributed by atoms with Gasteiger partial charge in [0.2, 0.25) is 0 Å². The molecule has 0 saturated carbocycles. The fourth-order valence-electron chi connectivity index (χ4n) is 2.71. The zero-order valence-electron chi connectivity index (χ0n) is 13.9. The summed E-state index contributed by atoms with van der Waals surface area (Å²) >= 11 is 1.37. The van der Waals surface area contributed by atoms with E-state index in [-0.39, 0.29) is 17.5 Å². The third-order valence-electron chi connectivity index (χ3n) is 3.98. The number of aryl methyl sites for hydroxylation is 1. The lowest BCUT2D eigenvalue weighted by Gasteiger charge is -2.25. The number of hydrogen-bond donors (Lipinski definition) is 1. The predicted molar refractivity (Wildman–Crippen MR) is 94.0 cm³/mol. The average molecular weight is 369 g/mol. The first-order valence-corrected chi connectivity index (χ1v) is 8.85. The Morgan fingerprint density at radius 2 is 2.19 bits per heavy atom. The number of hydrogen-bond acceptors (Lipinski definition) is 7. The number of pyridine rings is 1. The van der Waals surface area contributed by atoms with Gasteiger partial charge in [-0.15, -0.1) is 0 Å². The van der Waals surface area contributed by atoms with Crippen LogP contribution >= 0.6 is 11.3 Å². The van der Waals surface area contributed by atoms with Gasteiger partial charge in [0, 0.05) is 30.1 Å². The van der Waals surface area contributed by atoms with Crippen molar-refractivity contribution in [2.75, 3.05) is 11.9 Å². The minimum atomic E-state index is -0.366. The minimum absolute atomic E-state index is 0.103. The van der Waals surface area contributed by atoms with E-state index in [4.69, 9.17) is 4.52 Å². The molecule has 2 amide bonds. The smallest absolute Gasteiger partial charge is 0.279 e. The molecule has 0 atom stereocenters. The summed E-state index contributed by atoms with van der Waals surface area (Å²) in [6, 6.07) is 6.84. The van der Waals surface area contributed by atoms with Gasteiger partial charge < -0.3 is 9.42 Å². The van der Waals surface area contributed by atoms with Crippen LogP contribution in [0.2, 0.25) is 0 Å². The molecule has 0 radical (unpaired) electrons. The summed E-state index contributed by atoms with van der Waals surface area (Å²) in [5, 5.41) is 6.92. The number of rotatable bonds is 3. The number of nitrogens with one attached hydrogen (secondary N) is 1. The van der Waals surface area contributed by atoms with Gasteiger partial charge in [0.15, 0.2) is 10.8 Å². The highest BCUT2D eigenvalue weighted by atomic mass is 32.1. The number of amides is 2. The Bertz CT molecular complexity index is 966. The fraction of sp³-hybridized carbons (Fsp3) is 0.235. The number of carbonyl (C=O) groups excluding carboxylic acids is 2. The van der Waals surface area contributed by atoms with Crippen LogP contribution in [0.3, 0.4) is 0 Å². The summed E-state index contributed by atoms with van der Waals surface area (Å²) in [5.41, 5.74) is 1.55. The van der Waals surface area contributed by atoms with Crippen molar-refractivity contribution in [2.45, 2.75) is 19.9 Å². The van der Waals surface area contributed by atoms with Crippen molar-refractivity contribution in [3.8, 4) is 0 Å². The molecule has 132 valence electrons. The van der Waals surface area contributed by atoms with E-state index in [0.29, 0.717) is 36.1 Å². The second-order valence-corrected chi connectivity index (χ2v) is 6.94. The monoisotopic (exact) mass is 369 g/mol. The summed E-state index contributed by atoms with van der Waals surface area (Å²) in [4.78, 5) is 36.0. The molecule has 3 aromatic heterocycles. The Morgan fingerprint density at radius 3 is 2.92 bits per heavy atom. The molecule has 1 aliphatic rings. The Balaban J connectivity index is 1.47. The lowest BCUT2D eigenvalue weighted by atomic mass is 10.1. The van der Waals surface area contributed by atoms with Crippen LogP contribution in [0.1, 0.15) is 37.3 Å². The lowest BCUT2D eigenvalue weighted by molar-refractivity contribution is 0.0730. The Labute approximate surface area is 152 Å². The number of nitrogens with zero attached hydrogens (tertiary/aromatic N) is 4. The van der Waals surface area contributed by atoms with Crippen LogP contribution in [0.4, 0.5) is 5.13 Å². The predicted octanol–water partition coefficient (Wildman–Crippen LogP) is 2.29. The molecule has 4 rings (SSSR count). The SMILES string of the molecule is Cc1cc(C(=O)Nc2nc3c(s2)CN(C(=O)c2ccccn2)CC3)no1. The summed E-state index contributed by atoms with van der Waals surface area (Å²) in [7, 11) is 0. The summed E-state index contributed by atoms with van der Waals surface area (Å²) in [6.45, 7) is 2.75. The molecule has 26 heavy (non-hydrogen) atoms. The quantitative estimate of drug-likeness (QED) is 0.760. The summed E-state index contributed by atoms with van der Waals surface area (Å²) < 4.78 is 4.91. The molecular formula is C17H15N5O3S. The van der Waals surface area contributed by atoms with Gasteiger partial charge >= 0.3 is 0 Å². The van der Waals surface area contributed by atoms with Crippen LogP contribution < -0.4 is 5.32 Å². The highest BCUT2D eigenvalue weighted by Gasteiger charge is 2.26. The van der Waals surface area contributed by atoms with Crippen molar-refractivity contribution in [3.63, 3.8) is 0 Å². The van der Waals surface area contributed by atoms with E-state index in [0.717, 1.165) is 10.6 Å². The lowest BCUT2D eigenvalue weighted by Crippen LogP contribution is -2.35. The maximum Gasteiger partial charge on any atom is 0.279 e. The molecule has 0 fully saturated rings. The van der Waals surface area contributed by atoms with Gasteiger partial charge in [-0.1, -0.05) is 22.6 Å². The molecule has 0 bridgehead atoms. The van der Waals surface area contributed by atoms with Crippen molar-refractivity contribution < 1.29 is 14.1 Å². The number of fused-ring (bicyclic) bond motifs is 1.